The van der Waals surface area contributed by atoms with Crippen molar-refractivity contribution in [1.82, 2.24) is 9.97 Å². The molecule has 0 aliphatic carbocycles. The Morgan fingerprint density at radius 1 is 0.806 bits per heavy atom. The van der Waals surface area contributed by atoms with E-state index in [4.69, 9.17) is 4.98 Å². The van der Waals surface area contributed by atoms with E-state index in [1.165, 1.54) is 29.8 Å². The Hall–Kier alpha value is -4.15. The topological polar surface area (TPSA) is 96.0 Å². The highest BCUT2D eigenvalue weighted by Crippen LogP contribution is 2.31. The van der Waals surface area contributed by atoms with Crippen molar-refractivity contribution in [3.05, 3.63) is 88.7 Å². The van der Waals surface area contributed by atoms with E-state index >= 15 is 0 Å². The molecule has 7 nitrogen and oxygen atoms in total. The van der Waals surface area contributed by atoms with Gasteiger partial charge in [-0.15, -0.1) is 11.3 Å². The summed E-state index contributed by atoms with van der Waals surface area (Å²) in [4.78, 5) is 34.4. The minimum absolute atomic E-state index is 0.277. The molecule has 3 N–H and O–H groups in total. The molecular weight excluding hydrogens is 497 g/mol. The Balaban J connectivity index is 1.23. The highest BCUT2D eigenvalue weighted by atomic mass is 32.1. The number of rotatable bonds is 5. The Morgan fingerprint density at radius 2 is 1.50 bits per heavy atom. The minimum Gasteiger partial charge on any atom is -0.321 e. The number of nitrogens with one attached hydrogen (secondary N) is 3. The lowest BCUT2D eigenvalue weighted by Crippen LogP contribution is -2.19. The summed E-state index contributed by atoms with van der Waals surface area (Å²) in [7, 11) is 0. The lowest BCUT2D eigenvalue weighted by molar-refractivity contribution is 0.102. The fraction of sp³-hybridized carbons (Fsp3) is 0.0769. The molecule has 5 rings (SSSR count). The first-order valence-corrected chi connectivity index (χ1v) is 12.6. The van der Waals surface area contributed by atoms with Crippen LogP contribution in [0.5, 0.6) is 0 Å². The van der Waals surface area contributed by atoms with Crippen LogP contribution in [0.4, 0.5) is 25.7 Å². The van der Waals surface area contributed by atoms with Crippen LogP contribution in [0.3, 0.4) is 0 Å². The van der Waals surface area contributed by atoms with E-state index in [1.807, 2.05) is 36.4 Å². The van der Waals surface area contributed by atoms with Crippen LogP contribution in [0.1, 0.15) is 20.9 Å². The number of anilines is 3. The number of hydrogen-bond donors (Lipinski definition) is 3. The number of fused-ring (bicyclic) bond motifs is 1. The molecule has 0 saturated carbocycles. The van der Waals surface area contributed by atoms with Crippen LogP contribution in [-0.2, 0) is 0 Å². The molecule has 3 aromatic carbocycles. The molecule has 10 heteroatoms. The number of aryl methyl sites for hydroxylation is 2. The molecule has 0 aliphatic rings. The number of nitrogens with zero attached hydrogens (tertiary/aromatic N) is 2. The second kappa shape index (κ2) is 9.84. The number of aromatic nitrogens is 2. The summed E-state index contributed by atoms with van der Waals surface area (Å²) in [5.74, 6) is -0.714. The van der Waals surface area contributed by atoms with Gasteiger partial charge in [0, 0.05) is 16.9 Å². The summed E-state index contributed by atoms with van der Waals surface area (Å²) in [6, 6.07) is 18.5. The average Bonchev–Trinajstić information content (AvgIpc) is 3.43. The Bertz CT molecular complexity index is 1580. The molecule has 2 aromatic heterocycles. The van der Waals surface area contributed by atoms with Gasteiger partial charge in [0.05, 0.1) is 15.9 Å². The lowest BCUT2D eigenvalue weighted by Gasteiger charge is -2.05. The van der Waals surface area contributed by atoms with Gasteiger partial charge in [0.25, 0.3) is 5.91 Å². The molecule has 0 atom stereocenters. The van der Waals surface area contributed by atoms with Crippen LogP contribution < -0.4 is 16.0 Å². The van der Waals surface area contributed by atoms with Crippen molar-refractivity contribution in [3.8, 4) is 10.6 Å². The molecule has 2 heterocycles. The Labute approximate surface area is 214 Å². The van der Waals surface area contributed by atoms with Gasteiger partial charge in [-0.05, 0) is 80.1 Å². The first kappa shape index (κ1) is 23.6. The van der Waals surface area contributed by atoms with Crippen LogP contribution in [0.2, 0.25) is 0 Å². The van der Waals surface area contributed by atoms with Crippen molar-refractivity contribution in [2.24, 2.45) is 0 Å². The van der Waals surface area contributed by atoms with Crippen molar-refractivity contribution in [2.75, 3.05) is 16.0 Å². The molecule has 3 amide bonds. The third kappa shape index (κ3) is 5.24. The standard InChI is InChI=1S/C26H20FN5O2S2/c1-14-3-12-20-21(13-14)35-24(31-20)16-4-8-18(9-5-16)29-23(33)22-15(2)28-26(36-22)32-25(34)30-19-10-6-17(27)7-11-19/h3-13H,1-2H3,(H,29,33)(H2,28,30,32,34). The number of halogens is 1. The SMILES string of the molecule is Cc1ccc2nc(-c3ccc(NC(=O)c4sc(NC(=O)Nc5ccc(F)cc5)nc4C)cc3)sc2c1. The van der Waals surface area contributed by atoms with E-state index in [9.17, 15) is 14.0 Å². The summed E-state index contributed by atoms with van der Waals surface area (Å²) < 4.78 is 14.2. The number of carbonyl (C=O) groups excluding carboxylic acids is 2. The second-order valence-corrected chi connectivity index (χ2v) is 10.1. The highest BCUT2D eigenvalue weighted by molar-refractivity contribution is 7.21. The molecule has 0 saturated heterocycles. The summed E-state index contributed by atoms with van der Waals surface area (Å²) in [5.41, 5.74) is 4.70. The van der Waals surface area contributed by atoms with Gasteiger partial charge in [-0.25, -0.2) is 19.2 Å². The number of hydrogen-bond acceptors (Lipinski definition) is 6. The number of urea groups is 1. The van der Waals surface area contributed by atoms with E-state index < -0.39 is 11.8 Å². The summed E-state index contributed by atoms with van der Waals surface area (Å²) in [6.07, 6.45) is 0. The number of carbonyl (C=O) groups is 2. The van der Waals surface area contributed by atoms with Gasteiger partial charge in [0.2, 0.25) is 0 Å². The molecule has 0 bridgehead atoms. The van der Waals surface area contributed by atoms with Gasteiger partial charge in [0.15, 0.2) is 5.13 Å². The molecular formula is C26H20FN5O2S2. The first-order chi connectivity index (χ1) is 17.3. The van der Waals surface area contributed by atoms with E-state index in [2.05, 4.69) is 33.9 Å². The summed E-state index contributed by atoms with van der Waals surface area (Å²) >= 11 is 2.70. The summed E-state index contributed by atoms with van der Waals surface area (Å²) in [5, 5.41) is 9.26. The molecule has 180 valence electrons. The van der Waals surface area contributed by atoms with E-state index in [1.54, 1.807) is 18.3 Å². The maximum absolute atomic E-state index is 13.0. The Kier molecular flexibility index (Phi) is 6.45. The van der Waals surface area contributed by atoms with E-state index in [0.717, 1.165) is 32.1 Å². The van der Waals surface area contributed by atoms with Crippen molar-refractivity contribution in [1.29, 1.82) is 0 Å². The minimum atomic E-state index is -0.539. The number of amides is 3. The zero-order valence-electron chi connectivity index (χ0n) is 19.3. The monoisotopic (exact) mass is 517 g/mol. The van der Waals surface area contributed by atoms with Crippen molar-refractivity contribution >= 4 is 61.3 Å². The Morgan fingerprint density at radius 3 is 2.25 bits per heavy atom. The zero-order chi connectivity index (χ0) is 25.2. The normalized spacial score (nSPS) is 10.9. The highest BCUT2D eigenvalue weighted by Gasteiger charge is 2.17. The fourth-order valence-corrected chi connectivity index (χ4v) is 5.42. The van der Waals surface area contributed by atoms with Gasteiger partial charge in [0.1, 0.15) is 15.7 Å². The molecule has 0 spiro atoms. The third-order valence-electron chi connectivity index (χ3n) is 5.26. The average molecular weight is 518 g/mol. The van der Waals surface area contributed by atoms with Crippen LogP contribution in [0.15, 0.2) is 66.7 Å². The molecule has 36 heavy (non-hydrogen) atoms. The van der Waals surface area contributed by atoms with E-state index in [0.29, 0.717) is 21.9 Å². The smallest absolute Gasteiger partial charge is 0.321 e. The molecule has 0 aliphatic heterocycles. The van der Waals surface area contributed by atoms with Crippen molar-refractivity contribution in [3.63, 3.8) is 0 Å². The van der Waals surface area contributed by atoms with Gasteiger partial charge >= 0.3 is 6.03 Å². The zero-order valence-corrected chi connectivity index (χ0v) is 20.9. The largest absolute Gasteiger partial charge is 0.325 e. The van der Waals surface area contributed by atoms with Crippen LogP contribution in [0.25, 0.3) is 20.8 Å². The van der Waals surface area contributed by atoms with Gasteiger partial charge in [-0.2, -0.15) is 0 Å². The predicted octanol–water partition coefficient (Wildman–Crippen LogP) is 7.07. The predicted molar refractivity (Wildman–Crippen MR) is 144 cm³/mol. The number of thiazole rings is 2. The van der Waals surface area contributed by atoms with E-state index in [-0.39, 0.29) is 11.0 Å². The molecule has 0 fully saturated rings. The molecule has 5 aromatic rings. The second-order valence-electron chi connectivity index (χ2n) is 8.04. The summed E-state index contributed by atoms with van der Waals surface area (Å²) in [6.45, 7) is 3.76. The first-order valence-electron chi connectivity index (χ1n) is 10.9. The number of benzene rings is 3. The lowest BCUT2D eigenvalue weighted by atomic mass is 10.2. The van der Waals surface area contributed by atoms with Crippen LogP contribution in [0, 0.1) is 19.7 Å². The fourth-order valence-electron chi connectivity index (χ4n) is 3.49. The van der Waals surface area contributed by atoms with Gasteiger partial charge in [-0.3, -0.25) is 10.1 Å². The van der Waals surface area contributed by atoms with Crippen molar-refractivity contribution in [2.45, 2.75) is 13.8 Å². The van der Waals surface area contributed by atoms with Crippen molar-refractivity contribution < 1.29 is 14.0 Å². The quantitative estimate of drug-likeness (QED) is 0.232. The van der Waals surface area contributed by atoms with Crippen LogP contribution >= 0.6 is 22.7 Å². The van der Waals surface area contributed by atoms with Crippen LogP contribution in [-0.4, -0.2) is 21.9 Å². The maximum Gasteiger partial charge on any atom is 0.325 e. The molecule has 0 unspecified atom stereocenters. The van der Waals surface area contributed by atoms with Gasteiger partial charge < -0.3 is 10.6 Å². The van der Waals surface area contributed by atoms with Gasteiger partial charge in [-0.1, -0.05) is 17.4 Å². The maximum atomic E-state index is 13.0. The third-order valence-corrected chi connectivity index (χ3v) is 7.40. The molecule has 0 radical (unpaired) electrons.